The van der Waals surface area contributed by atoms with E-state index < -0.39 is 11.9 Å². The van der Waals surface area contributed by atoms with Gasteiger partial charge in [-0.1, -0.05) is 11.6 Å². The van der Waals surface area contributed by atoms with E-state index in [-0.39, 0.29) is 29.3 Å². The number of aliphatic hydroxyl groups is 1. The second-order valence-corrected chi connectivity index (χ2v) is 3.29. The van der Waals surface area contributed by atoms with Crippen molar-refractivity contribution in [2.24, 2.45) is 5.73 Å². The highest BCUT2D eigenvalue weighted by atomic mass is 35.5. The third kappa shape index (κ3) is 2.15. The van der Waals surface area contributed by atoms with E-state index in [1.54, 1.807) is 0 Å². The zero-order valence-corrected chi connectivity index (χ0v) is 8.13. The molecule has 0 aliphatic heterocycles. The molecule has 14 heavy (non-hydrogen) atoms. The maximum atomic E-state index is 13.3. The molecule has 0 bridgehead atoms. The molecule has 1 unspecified atom stereocenters. The lowest BCUT2D eigenvalue weighted by molar-refractivity contribution is 0.161. The molecule has 0 saturated carbocycles. The van der Waals surface area contributed by atoms with Crippen LogP contribution in [0, 0.1) is 5.82 Å². The molecule has 1 aromatic carbocycles. The van der Waals surface area contributed by atoms with Crippen LogP contribution in [0.15, 0.2) is 12.1 Å². The number of aliphatic hydroxyl groups excluding tert-OH is 1. The lowest BCUT2D eigenvalue weighted by Crippen LogP contribution is -2.08. The molecule has 0 radical (unpaired) electrons. The van der Waals surface area contributed by atoms with Gasteiger partial charge in [-0.15, -0.1) is 0 Å². The topological polar surface area (TPSA) is 66.5 Å². The van der Waals surface area contributed by atoms with Gasteiger partial charge >= 0.3 is 0 Å². The van der Waals surface area contributed by atoms with E-state index >= 15 is 0 Å². The summed E-state index contributed by atoms with van der Waals surface area (Å²) in [6, 6.07) is 2.46. The highest BCUT2D eigenvalue weighted by molar-refractivity contribution is 6.30. The third-order valence-electron chi connectivity index (χ3n) is 1.88. The van der Waals surface area contributed by atoms with Gasteiger partial charge in [0.15, 0.2) is 5.82 Å². The van der Waals surface area contributed by atoms with Gasteiger partial charge in [0.2, 0.25) is 0 Å². The summed E-state index contributed by atoms with van der Waals surface area (Å²) in [6.45, 7) is 0.201. The van der Waals surface area contributed by atoms with E-state index in [0.29, 0.717) is 0 Å². The second-order valence-electron chi connectivity index (χ2n) is 2.89. The van der Waals surface area contributed by atoms with E-state index in [4.69, 9.17) is 17.3 Å². The van der Waals surface area contributed by atoms with E-state index in [9.17, 15) is 14.6 Å². The molecule has 4 N–H and O–H groups in total. The smallest absolute Gasteiger partial charge is 0.151 e. The van der Waals surface area contributed by atoms with Gasteiger partial charge in [0, 0.05) is 0 Å². The van der Waals surface area contributed by atoms with E-state index in [1.807, 2.05) is 0 Å². The molecular formula is C9H11ClFNO2. The first-order valence-electron chi connectivity index (χ1n) is 4.13. The highest BCUT2D eigenvalue weighted by Gasteiger charge is 2.18. The lowest BCUT2D eigenvalue weighted by Gasteiger charge is -2.13. The van der Waals surface area contributed by atoms with Crippen molar-refractivity contribution in [3.8, 4) is 5.75 Å². The molecule has 5 heteroatoms. The van der Waals surface area contributed by atoms with Crippen molar-refractivity contribution in [1.82, 2.24) is 0 Å². The molecule has 0 aliphatic carbocycles. The summed E-state index contributed by atoms with van der Waals surface area (Å²) in [5, 5.41) is 18.7. The third-order valence-corrected chi connectivity index (χ3v) is 2.17. The zero-order valence-electron chi connectivity index (χ0n) is 7.37. The Labute approximate surface area is 85.9 Å². The van der Waals surface area contributed by atoms with Crippen LogP contribution in [-0.4, -0.2) is 16.8 Å². The number of phenols is 1. The summed E-state index contributed by atoms with van der Waals surface area (Å²) in [4.78, 5) is 0. The Bertz CT molecular complexity index is 333. The maximum Gasteiger partial charge on any atom is 0.151 e. The Kier molecular flexibility index (Phi) is 3.69. The normalized spacial score (nSPS) is 12.9. The summed E-state index contributed by atoms with van der Waals surface area (Å²) in [6.07, 6.45) is -0.955. The number of hydrogen-bond acceptors (Lipinski definition) is 3. The fourth-order valence-electron chi connectivity index (χ4n) is 1.18. The van der Waals surface area contributed by atoms with Gasteiger partial charge in [0.1, 0.15) is 5.75 Å². The van der Waals surface area contributed by atoms with Gasteiger partial charge in [-0.05, 0) is 25.1 Å². The molecule has 1 aromatic rings. The standard InChI is InChI=1S/C9H11ClFNO2/c10-5-1-2-6(13)8(9(5)11)7(14)3-4-12/h1-2,7,13-14H,3-4,12H2. The molecule has 0 aliphatic rings. The van der Waals surface area contributed by atoms with Gasteiger partial charge in [-0.3, -0.25) is 0 Å². The molecule has 3 nitrogen and oxygen atoms in total. The summed E-state index contributed by atoms with van der Waals surface area (Å²) >= 11 is 5.50. The van der Waals surface area contributed by atoms with Crippen LogP contribution in [0.4, 0.5) is 4.39 Å². The predicted molar refractivity (Wildman–Crippen MR) is 51.7 cm³/mol. The first-order chi connectivity index (χ1) is 6.57. The predicted octanol–water partition coefficient (Wildman–Crippen LogP) is 1.57. The Balaban J connectivity index is 3.11. The number of aromatic hydroxyl groups is 1. The average Bonchev–Trinajstić information content (AvgIpc) is 2.13. The molecule has 0 amide bonds. The van der Waals surface area contributed by atoms with Gasteiger partial charge in [0.25, 0.3) is 0 Å². The van der Waals surface area contributed by atoms with Crippen molar-refractivity contribution >= 4 is 11.6 Å². The molecule has 78 valence electrons. The molecular weight excluding hydrogens is 209 g/mol. The summed E-state index contributed by atoms with van der Waals surface area (Å²) < 4.78 is 13.3. The minimum absolute atomic E-state index is 0.131. The van der Waals surface area contributed by atoms with Crippen LogP contribution in [0.2, 0.25) is 5.02 Å². The van der Waals surface area contributed by atoms with Crippen molar-refractivity contribution in [1.29, 1.82) is 0 Å². The van der Waals surface area contributed by atoms with Crippen molar-refractivity contribution in [2.45, 2.75) is 12.5 Å². The fraction of sp³-hybridized carbons (Fsp3) is 0.333. The molecule has 0 saturated heterocycles. The second kappa shape index (κ2) is 4.59. The number of rotatable bonds is 3. The van der Waals surface area contributed by atoms with Gasteiger partial charge in [0.05, 0.1) is 16.7 Å². The number of hydrogen-bond donors (Lipinski definition) is 3. The molecule has 0 spiro atoms. The SMILES string of the molecule is NCCC(O)c1c(O)ccc(Cl)c1F. The molecule has 1 rings (SSSR count). The zero-order chi connectivity index (χ0) is 10.7. The first-order valence-corrected chi connectivity index (χ1v) is 4.50. The molecule has 1 atom stereocenters. The van der Waals surface area contributed by atoms with Crippen LogP contribution in [0.1, 0.15) is 18.1 Å². The summed E-state index contributed by atoms with van der Waals surface area (Å²) in [5.74, 6) is -1.11. The Hall–Kier alpha value is -0.840. The number of halogens is 2. The van der Waals surface area contributed by atoms with E-state index in [0.717, 1.165) is 0 Å². The Morgan fingerprint density at radius 2 is 2.14 bits per heavy atom. The van der Waals surface area contributed by atoms with E-state index in [1.165, 1.54) is 12.1 Å². The highest BCUT2D eigenvalue weighted by Crippen LogP contribution is 2.32. The minimum atomic E-state index is -1.13. The van der Waals surface area contributed by atoms with Crippen LogP contribution < -0.4 is 5.73 Å². The molecule has 0 heterocycles. The molecule has 0 fully saturated rings. The van der Waals surface area contributed by atoms with E-state index in [2.05, 4.69) is 0 Å². The maximum absolute atomic E-state index is 13.3. The van der Waals surface area contributed by atoms with Crippen molar-refractivity contribution < 1.29 is 14.6 Å². The van der Waals surface area contributed by atoms with Crippen molar-refractivity contribution in [3.05, 3.63) is 28.5 Å². The van der Waals surface area contributed by atoms with Crippen molar-refractivity contribution in [3.63, 3.8) is 0 Å². The first kappa shape index (κ1) is 11.2. The minimum Gasteiger partial charge on any atom is -0.507 e. The number of phenolic OH excluding ortho intramolecular Hbond substituents is 1. The monoisotopic (exact) mass is 219 g/mol. The van der Waals surface area contributed by atoms with Gasteiger partial charge < -0.3 is 15.9 Å². The van der Waals surface area contributed by atoms with Crippen LogP contribution in [0.5, 0.6) is 5.75 Å². The number of nitrogens with two attached hydrogens (primary N) is 1. The van der Waals surface area contributed by atoms with Crippen LogP contribution in [0.3, 0.4) is 0 Å². The Morgan fingerprint density at radius 1 is 1.50 bits per heavy atom. The summed E-state index contributed by atoms with van der Waals surface area (Å²) in [7, 11) is 0. The van der Waals surface area contributed by atoms with Crippen LogP contribution >= 0.6 is 11.6 Å². The average molecular weight is 220 g/mol. The summed E-state index contributed by atoms with van der Waals surface area (Å²) in [5.41, 5.74) is 5.02. The van der Waals surface area contributed by atoms with Gasteiger partial charge in [-0.2, -0.15) is 0 Å². The quantitative estimate of drug-likeness (QED) is 0.723. The van der Waals surface area contributed by atoms with Gasteiger partial charge in [-0.25, -0.2) is 4.39 Å². The molecule has 0 aromatic heterocycles. The van der Waals surface area contributed by atoms with Crippen LogP contribution in [0.25, 0.3) is 0 Å². The van der Waals surface area contributed by atoms with Crippen LogP contribution in [-0.2, 0) is 0 Å². The number of benzene rings is 1. The van der Waals surface area contributed by atoms with Crippen molar-refractivity contribution in [2.75, 3.05) is 6.54 Å². The Morgan fingerprint density at radius 3 is 2.71 bits per heavy atom. The largest absolute Gasteiger partial charge is 0.507 e. The lowest BCUT2D eigenvalue weighted by atomic mass is 10.0. The fourth-order valence-corrected chi connectivity index (χ4v) is 1.34.